The van der Waals surface area contributed by atoms with E-state index < -0.39 is 17.9 Å². The van der Waals surface area contributed by atoms with Crippen molar-refractivity contribution >= 4 is 33.5 Å². The molecule has 3 aromatic heterocycles. The Labute approximate surface area is 191 Å². The number of hydrogen-bond acceptors (Lipinski definition) is 6. The van der Waals surface area contributed by atoms with E-state index in [9.17, 15) is 14.4 Å². The molecule has 0 bridgehead atoms. The number of nitrogens with zero attached hydrogens (tertiary/aromatic N) is 2. The third-order valence-corrected chi connectivity index (χ3v) is 5.13. The van der Waals surface area contributed by atoms with Crippen molar-refractivity contribution in [2.24, 2.45) is 0 Å². The maximum absolute atomic E-state index is 12.8. The molecule has 9 heteroatoms. The van der Waals surface area contributed by atoms with Crippen molar-refractivity contribution in [3.8, 4) is 0 Å². The molecule has 0 aliphatic heterocycles. The SMILES string of the molecule is O=C(N[C@H](Cc1ccccc1)C(=O)OCc1cc(=O)n2cc(Br)ccc2n1)c1ccco1. The van der Waals surface area contributed by atoms with Crippen molar-refractivity contribution in [3.63, 3.8) is 0 Å². The van der Waals surface area contributed by atoms with Gasteiger partial charge < -0.3 is 14.5 Å². The van der Waals surface area contributed by atoms with Crippen LogP contribution in [0.3, 0.4) is 0 Å². The second-order valence-corrected chi connectivity index (χ2v) is 7.88. The van der Waals surface area contributed by atoms with Gasteiger partial charge in [-0.15, -0.1) is 0 Å². The molecule has 0 radical (unpaired) electrons. The Kier molecular flexibility index (Phi) is 6.46. The summed E-state index contributed by atoms with van der Waals surface area (Å²) in [6.45, 7) is -0.206. The molecule has 8 nitrogen and oxygen atoms in total. The average Bonchev–Trinajstić information content (AvgIpc) is 3.33. The van der Waals surface area contributed by atoms with Gasteiger partial charge in [-0.3, -0.25) is 14.0 Å². The molecule has 0 aliphatic carbocycles. The van der Waals surface area contributed by atoms with Gasteiger partial charge in [0, 0.05) is 23.2 Å². The number of ether oxygens (including phenoxy) is 1. The van der Waals surface area contributed by atoms with Crippen LogP contribution in [0.2, 0.25) is 0 Å². The van der Waals surface area contributed by atoms with Crippen LogP contribution in [0.15, 0.2) is 86.8 Å². The van der Waals surface area contributed by atoms with Gasteiger partial charge >= 0.3 is 5.97 Å². The number of halogens is 1. The summed E-state index contributed by atoms with van der Waals surface area (Å²) in [7, 11) is 0. The smallest absolute Gasteiger partial charge is 0.329 e. The minimum atomic E-state index is -0.951. The fourth-order valence-corrected chi connectivity index (χ4v) is 3.46. The van der Waals surface area contributed by atoms with E-state index in [1.54, 1.807) is 24.4 Å². The fraction of sp³-hybridized carbons (Fsp3) is 0.130. The maximum Gasteiger partial charge on any atom is 0.329 e. The van der Waals surface area contributed by atoms with Crippen LogP contribution in [0.5, 0.6) is 0 Å². The number of carbonyl (C=O) groups is 2. The second-order valence-electron chi connectivity index (χ2n) is 6.96. The van der Waals surface area contributed by atoms with Gasteiger partial charge in [0.05, 0.1) is 12.0 Å². The standard InChI is InChI=1S/C23H18BrN3O5/c24-16-8-9-20-25-17(12-21(28)27(20)13-16)14-32-23(30)18(11-15-5-2-1-3-6-15)26-22(29)19-7-4-10-31-19/h1-10,12-13,18H,11,14H2,(H,26,29)/t18-/m1/s1. The van der Waals surface area contributed by atoms with Crippen LogP contribution in [0.25, 0.3) is 5.65 Å². The lowest BCUT2D eigenvalue weighted by Crippen LogP contribution is -2.43. The minimum absolute atomic E-state index is 0.0891. The van der Waals surface area contributed by atoms with E-state index in [-0.39, 0.29) is 24.3 Å². The Morgan fingerprint density at radius 2 is 1.94 bits per heavy atom. The van der Waals surface area contributed by atoms with Gasteiger partial charge in [0.15, 0.2) is 5.76 Å². The van der Waals surface area contributed by atoms with E-state index in [0.29, 0.717) is 11.3 Å². The number of pyridine rings is 1. The third kappa shape index (κ3) is 5.12. The molecular weight excluding hydrogens is 478 g/mol. The average molecular weight is 496 g/mol. The number of amides is 1. The van der Waals surface area contributed by atoms with Crippen LogP contribution in [0, 0.1) is 0 Å². The molecule has 0 fully saturated rings. The predicted octanol–water partition coefficient (Wildman–Crippen LogP) is 3.13. The molecule has 1 aromatic carbocycles. The summed E-state index contributed by atoms with van der Waals surface area (Å²) >= 11 is 3.31. The molecule has 0 saturated carbocycles. The molecule has 162 valence electrons. The number of furan rings is 1. The zero-order chi connectivity index (χ0) is 22.5. The zero-order valence-corrected chi connectivity index (χ0v) is 18.3. The molecule has 0 spiro atoms. The van der Waals surface area contributed by atoms with Gasteiger partial charge in [0.2, 0.25) is 0 Å². The van der Waals surface area contributed by atoms with Crippen molar-refractivity contribution in [2.75, 3.05) is 0 Å². The van der Waals surface area contributed by atoms with Crippen molar-refractivity contribution in [3.05, 3.63) is 105 Å². The summed E-state index contributed by atoms with van der Waals surface area (Å²) in [4.78, 5) is 42.0. The zero-order valence-electron chi connectivity index (χ0n) is 16.7. The molecule has 1 N–H and O–H groups in total. The van der Waals surface area contributed by atoms with Crippen LogP contribution >= 0.6 is 15.9 Å². The summed E-state index contributed by atoms with van der Waals surface area (Å²) in [5, 5.41) is 2.65. The van der Waals surface area contributed by atoms with E-state index in [1.807, 2.05) is 30.3 Å². The van der Waals surface area contributed by atoms with Crippen LogP contribution in [-0.4, -0.2) is 27.3 Å². The van der Waals surface area contributed by atoms with E-state index in [4.69, 9.17) is 9.15 Å². The summed E-state index contributed by atoms with van der Waals surface area (Å²) in [6, 6.07) is 16.1. The topological polar surface area (TPSA) is 103 Å². The number of esters is 1. The van der Waals surface area contributed by atoms with E-state index in [0.717, 1.165) is 10.0 Å². The molecule has 0 saturated heterocycles. The Balaban J connectivity index is 1.50. The first-order chi connectivity index (χ1) is 15.5. The largest absolute Gasteiger partial charge is 0.459 e. The van der Waals surface area contributed by atoms with Crippen LogP contribution in [0.4, 0.5) is 0 Å². The summed E-state index contributed by atoms with van der Waals surface area (Å²) < 4.78 is 12.6. The Morgan fingerprint density at radius 3 is 2.69 bits per heavy atom. The number of aromatic nitrogens is 2. The first-order valence-corrected chi connectivity index (χ1v) is 10.5. The molecular formula is C23H18BrN3O5. The summed E-state index contributed by atoms with van der Waals surface area (Å²) in [5.74, 6) is -1.08. The first kappa shape index (κ1) is 21.5. The van der Waals surface area contributed by atoms with Crippen molar-refractivity contribution in [1.82, 2.24) is 14.7 Å². The quantitative estimate of drug-likeness (QED) is 0.395. The van der Waals surface area contributed by atoms with Gasteiger partial charge in [-0.25, -0.2) is 9.78 Å². The van der Waals surface area contributed by atoms with Crippen LogP contribution in [0.1, 0.15) is 21.8 Å². The summed E-state index contributed by atoms with van der Waals surface area (Å²) in [6.07, 6.45) is 3.22. The van der Waals surface area contributed by atoms with E-state index >= 15 is 0 Å². The predicted molar refractivity (Wildman–Crippen MR) is 119 cm³/mol. The Morgan fingerprint density at radius 1 is 1.12 bits per heavy atom. The highest BCUT2D eigenvalue weighted by Crippen LogP contribution is 2.11. The third-order valence-electron chi connectivity index (χ3n) is 4.66. The maximum atomic E-state index is 12.8. The molecule has 1 amide bonds. The van der Waals surface area contributed by atoms with E-state index in [2.05, 4.69) is 26.2 Å². The second kappa shape index (κ2) is 9.61. The van der Waals surface area contributed by atoms with Crippen molar-refractivity contribution < 1.29 is 18.7 Å². The fourth-order valence-electron chi connectivity index (χ4n) is 3.13. The lowest BCUT2D eigenvalue weighted by Gasteiger charge is -2.17. The monoisotopic (exact) mass is 495 g/mol. The Bertz CT molecular complexity index is 1300. The molecule has 4 rings (SSSR count). The number of hydrogen-bond donors (Lipinski definition) is 1. The molecule has 32 heavy (non-hydrogen) atoms. The van der Waals surface area contributed by atoms with Gasteiger partial charge in [0.25, 0.3) is 11.5 Å². The van der Waals surface area contributed by atoms with Gasteiger partial charge in [-0.2, -0.15) is 0 Å². The van der Waals surface area contributed by atoms with Crippen LogP contribution in [-0.2, 0) is 22.6 Å². The lowest BCUT2D eigenvalue weighted by atomic mass is 10.1. The Hall–Kier alpha value is -3.72. The van der Waals surface area contributed by atoms with Gasteiger partial charge in [0.1, 0.15) is 18.3 Å². The van der Waals surface area contributed by atoms with Crippen molar-refractivity contribution in [1.29, 1.82) is 0 Å². The minimum Gasteiger partial charge on any atom is -0.459 e. The molecule has 0 unspecified atom stereocenters. The first-order valence-electron chi connectivity index (χ1n) is 9.72. The number of fused-ring (bicyclic) bond motifs is 1. The highest BCUT2D eigenvalue weighted by Gasteiger charge is 2.24. The van der Waals surface area contributed by atoms with Crippen LogP contribution < -0.4 is 10.9 Å². The molecule has 1 atom stereocenters. The number of carbonyl (C=O) groups excluding carboxylic acids is 2. The van der Waals surface area contributed by atoms with Gasteiger partial charge in [-0.1, -0.05) is 30.3 Å². The molecule has 4 aromatic rings. The number of nitrogens with one attached hydrogen (secondary N) is 1. The van der Waals surface area contributed by atoms with Gasteiger partial charge in [-0.05, 0) is 45.8 Å². The molecule has 0 aliphatic rings. The summed E-state index contributed by atoms with van der Waals surface area (Å²) in [5.41, 5.74) is 1.29. The highest BCUT2D eigenvalue weighted by atomic mass is 79.9. The highest BCUT2D eigenvalue weighted by molar-refractivity contribution is 9.10. The normalized spacial score (nSPS) is 11.8. The van der Waals surface area contributed by atoms with Crippen molar-refractivity contribution in [2.45, 2.75) is 19.1 Å². The molecule has 3 heterocycles. The number of rotatable bonds is 7. The van der Waals surface area contributed by atoms with E-state index in [1.165, 1.54) is 22.8 Å². The number of benzene rings is 1. The lowest BCUT2D eigenvalue weighted by molar-refractivity contribution is -0.147.